The van der Waals surface area contributed by atoms with Crippen molar-refractivity contribution in [1.82, 2.24) is 4.98 Å². The van der Waals surface area contributed by atoms with Gasteiger partial charge in [0.25, 0.3) is 0 Å². The van der Waals surface area contributed by atoms with E-state index in [9.17, 15) is 0 Å². The number of hydrogen-bond acceptors (Lipinski definition) is 2. The van der Waals surface area contributed by atoms with Gasteiger partial charge in [-0.05, 0) is 6.07 Å². The molecule has 0 aromatic carbocycles. The van der Waals surface area contributed by atoms with Crippen LogP contribution in [0.3, 0.4) is 0 Å². The third kappa shape index (κ3) is 1.30. The van der Waals surface area contributed by atoms with Crippen molar-refractivity contribution in [3.63, 3.8) is 0 Å². The van der Waals surface area contributed by atoms with E-state index in [0.717, 1.165) is 0 Å². The van der Waals surface area contributed by atoms with Crippen molar-refractivity contribution >= 4 is 13.3 Å². The van der Waals surface area contributed by atoms with Crippen LogP contribution in [0.4, 0.5) is 0 Å². The zero-order valence-corrected chi connectivity index (χ0v) is 4.70. The third-order valence-electron chi connectivity index (χ3n) is 0.901. The fourth-order valence-corrected chi connectivity index (χ4v) is 0.471. The summed E-state index contributed by atoms with van der Waals surface area (Å²) in [5.74, 6) is 0. The smallest absolute Gasteiger partial charge is 0.140 e. The van der Waals surface area contributed by atoms with Gasteiger partial charge in [0, 0.05) is 6.20 Å². The highest BCUT2D eigenvalue weighted by Gasteiger charge is 1.86. The van der Waals surface area contributed by atoms with Crippen LogP contribution in [0.2, 0.25) is 0 Å². The second-order valence-corrected chi connectivity index (χ2v) is 1.59. The summed E-state index contributed by atoms with van der Waals surface area (Å²) >= 11 is 0. The highest BCUT2D eigenvalue weighted by Crippen LogP contribution is 1.84. The Balaban J connectivity index is 3.06. The van der Waals surface area contributed by atoms with Crippen LogP contribution in [0, 0.1) is 11.3 Å². The molecule has 1 rings (SSSR count). The fraction of sp³-hybridized carbons (Fsp3) is 0. The first-order valence-corrected chi connectivity index (χ1v) is 2.44. The van der Waals surface area contributed by atoms with E-state index in [1.165, 1.54) is 6.20 Å². The number of rotatable bonds is 0. The maximum Gasteiger partial charge on any atom is 0.140 e. The molecule has 0 N–H and O–H groups in total. The lowest BCUT2D eigenvalue weighted by atomic mass is 9.99. The van der Waals surface area contributed by atoms with Crippen LogP contribution in [0.1, 0.15) is 5.69 Å². The van der Waals surface area contributed by atoms with Crippen molar-refractivity contribution in [2.75, 3.05) is 0 Å². The molecule has 0 saturated heterocycles. The molecule has 0 aliphatic rings. The average Bonchev–Trinajstić information content (AvgIpc) is 1.90. The van der Waals surface area contributed by atoms with Gasteiger partial charge >= 0.3 is 0 Å². The standard InChI is InChI=1S/C6H3BN2/c7-5-1-2-6(3-8)9-4-5/h1-2,4H. The van der Waals surface area contributed by atoms with Crippen molar-refractivity contribution in [3.05, 3.63) is 24.0 Å². The molecular formula is C6H3BN2. The molecule has 9 heavy (non-hydrogen) atoms. The van der Waals surface area contributed by atoms with Gasteiger partial charge in [-0.25, -0.2) is 4.98 Å². The first-order valence-electron chi connectivity index (χ1n) is 2.44. The second-order valence-electron chi connectivity index (χ2n) is 1.59. The fourth-order valence-electron chi connectivity index (χ4n) is 0.471. The van der Waals surface area contributed by atoms with E-state index in [4.69, 9.17) is 13.1 Å². The summed E-state index contributed by atoms with van der Waals surface area (Å²) in [6, 6.07) is 5.11. The molecule has 0 fully saturated rings. The van der Waals surface area contributed by atoms with Crippen LogP contribution in [-0.4, -0.2) is 12.8 Å². The van der Waals surface area contributed by atoms with E-state index in [2.05, 4.69) is 4.98 Å². The average molecular weight is 114 g/mol. The number of nitrogens with zero attached hydrogens (tertiary/aromatic N) is 2. The molecule has 0 aliphatic carbocycles. The topological polar surface area (TPSA) is 36.7 Å². The minimum absolute atomic E-state index is 0.393. The summed E-state index contributed by atoms with van der Waals surface area (Å²) < 4.78 is 0. The summed E-state index contributed by atoms with van der Waals surface area (Å²) in [6.07, 6.45) is 1.46. The normalized spacial score (nSPS) is 8.33. The molecule has 0 spiro atoms. The Morgan fingerprint density at radius 2 is 2.33 bits per heavy atom. The summed E-state index contributed by atoms with van der Waals surface area (Å²) in [5.41, 5.74) is 0.971. The van der Waals surface area contributed by atoms with Crippen LogP contribution in [0.5, 0.6) is 0 Å². The molecule has 0 amide bonds. The molecule has 1 aromatic heterocycles. The Morgan fingerprint density at radius 1 is 1.56 bits per heavy atom. The van der Waals surface area contributed by atoms with Crippen LogP contribution in [-0.2, 0) is 0 Å². The van der Waals surface area contributed by atoms with Crippen molar-refractivity contribution in [2.45, 2.75) is 0 Å². The Labute approximate surface area is 54.6 Å². The summed E-state index contributed by atoms with van der Waals surface area (Å²) in [5, 5.41) is 8.28. The largest absolute Gasteiger partial charge is 0.246 e. The van der Waals surface area contributed by atoms with E-state index < -0.39 is 0 Å². The zero-order chi connectivity index (χ0) is 6.69. The molecule has 3 heteroatoms. The third-order valence-corrected chi connectivity index (χ3v) is 0.901. The van der Waals surface area contributed by atoms with Gasteiger partial charge in [-0.3, -0.25) is 0 Å². The molecule has 2 nitrogen and oxygen atoms in total. The quantitative estimate of drug-likeness (QED) is 0.436. The minimum Gasteiger partial charge on any atom is -0.246 e. The van der Waals surface area contributed by atoms with Gasteiger partial charge in [0.2, 0.25) is 0 Å². The van der Waals surface area contributed by atoms with Crippen molar-refractivity contribution in [1.29, 1.82) is 5.26 Å². The van der Waals surface area contributed by atoms with E-state index in [-0.39, 0.29) is 0 Å². The van der Waals surface area contributed by atoms with Gasteiger partial charge < -0.3 is 0 Å². The summed E-state index contributed by atoms with van der Waals surface area (Å²) in [4.78, 5) is 3.71. The highest BCUT2D eigenvalue weighted by molar-refractivity contribution is 6.32. The lowest BCUT2D eigenvalue weighted by Gasteiger charge is -1.87. The lowest BCUT2D eigenvalue weighted by Crippen LogP contribution is -2.01. The van der Waals surface area contributed by atoms with Crippen LogP contribution in [0.25, 0.3) is 0 Å². The van der Waals surface area contributed by atoms with Crippen molar-refractivity contribution < 1.29 is 0 Å². The van der Waals surface area contributed by atoms with Crippen LogP contribution >= 0.6 is 0 Å². The molecular weight excluding hydrogens is 111 g/mol. The summed E-state index contributed by atoms with van der Waals surface area (Å²) in [6.45, 7) is 0. The zero-order valence-electron chi connectivity index (χ0n) is 4.70. The van der Waals surface area contributed by atoms with Crippen molar-refractivity contribution in [3.8, 4) is 6.07 Å². The molecule has 40 valence electrons. The van der Waals surface area contributed by atoms with Gasteiger partial charge in [0.05, 0.1) is 0 Å². The van der Waals surface area contributed by atoms with Crippen molar-refractivity contribution in [2.24, 2.45) is 0 Å². The molecule has 0 atom stereocenters. The van der Waals surface area contributed by atoms with E-state index in [1.54, 1.807) is 12.1 Å². The molecule has 2 radical (unpaired) electrons. The lowest BCUT2D eigenvalue weighted by molar-refractivity contribution is 1.28. The van der Waals surface area contributed by atoms with Gasteiger partial charge in [-0.15, -0.1) is 0 Å². The van der Waals surface area contributed by atoms with Gasteiger partial charge in [0.15, 0.2) is 0 Å². The SMILES string of the molecule is [B]c1ccc(C#N)nc1. The van der Waals surface area contributed by atoms with Gasteiger partial charge in [-0.1, -0.05) is 11.5 Å². The first-order chi connectivity index (χ1) is 4.33. The Bertz CT molecular complexity index is 234. The second kappa shape index (κ2) is 2.32. The van der Waals surface area contributed by atoms with Crippen LogP contribution < -0.4 is 5.46 Å². The minimum atomic E-state index is 0.393. The predicted octanol–water partition coefficient (Wildman–Crippen LogP) is -0.253. The predicted molar refractivity (Wildman–Crippen MR) is 34.3 cm³/mol. The van der Waals surface area contributed by atoms with Gasteiger partial charge in [-0.2, -0.15) is 5.26 Å². The monoisotopic (exact) mass is 114 g/mol. The van der Waals surface area contributed by atoms with Gasteiger partial charge in [0.1, 0.15) is 19.6 Å². The number of pyridine rings is 1. The highest BCUT2D eigenvalue weighted by atomic mass is 14.7. The Hall–Kier alpha value is -1.30. The molecule has 0 unspecified atom stereocenters. The molecule has 0 aliphatic heterocycles. The van der Waals surface area contributed by atoms with E-state index in [1.807, 2.05) is 6.07 Å². The number of aromatic nitrogens is 1. The molecule has 1 aromatic rings. The van der Waals surface area contributed by atoms with E-state index >= 15 is 0 Å². The summed E-state index contributed by atoms with van der Waals surface area (Å²) in [7, 11) is 5.31. The van der Waals surface area contributed by atoms with E-state index in [0.29, 0.717) is 11.2 Å². The molecule has 1 heterocycles. The molecule has 0 bridgehead atoms. The maximum absolute atomic E-state index is 8.28. The maximum atomic E-state index is 8.28. The Kier molecular flexibility index (Phi) is 1.50. The molecule has 0 saturated carbocycles. The first kappa shape index (κ1) is 5.83. The Morgan fingerprint density at radius 3 is 2.78 bits per heavy atom. The van der Waals surface area contributed by atoms with Crippen LogP contribution in [0.15, 0.2) is 18.3 Å². The number of hydrogen-bond donors (Lipinski definition) is 0. The number of nitriles is 1.